The van der Waals surface area contributed by atoms with Gasteiger partial charge < -0.3 is 21.5 Å². The van der Waals surface area contributed by atoms with Crippen LogP contribution in [0.4, 0.5) is 5.82 Å². The molecule has 0 aliphatic heterocycles. The number of amidine groups is 1. The van der Waals surface area contributed by atoms with Crippen molar-refractivity contribution in [2.24, 2.45) is 10.7 Å². The van der Waals surface area contributed by atoms with Crippen LogP contribution in [0.3, 0.4) is 0 Å². The van der Waals surface area contributed by atoms with Crippen LogP contribution in [0, 0.1) is 11.3 Å². The van der Waals surface area contributed by atoms with Crippen LogP contribution in [0.1, 0.15) is 17.4 Å². The van der Waals surface area contributed by atoms with E-state index in [-0.39, 0.29) is 11.7 Å². The first-order valence-corrected chi connectivity index (χ1v) is 9.98. The van der Waals surface area contributed by atoms with Gasteiger partial charge in [0.1, 0.15) is 11.9 Å². The van der Waals surface area contributed by atoms with E-state index in [1.54, 1.807) is 30.3 Å². The third-order valence-corrected chi connectivity index (χ3v) is 5.79. The third-order valence-electron chi connectivity index (χ3n) is 3.98. The number of carbonyl (C=O) groups is 1. The number of hydrogen-bond acceptors (Lipinski definition) is 4. The molecular weight excluding hydrogens is 443 g/mol. The van der Waals surface area contributed by atoms with Gasteiger partial charge in [-0.3, -0.25) is 4.79 Å². The topological polar surface area (TPSA) is 126 Å². The minimum atomic E-state index is -0.268. The molecule has 0 aliphatic rings. The molecule has 30 heavy (non-hydrogen) atoms. The van der Waals surface area contributed by atoms with Crippen LogP contribution in [0.2, 0.25) is 10.0 Å². The van der Waals surface area contributed by atoms with Crippen molar-refractivity contribution in [2.75, 3.05) is 5.32 Å². The summed E-state index contributed by atoms with van der Waals surface area (Å²) in [6.07, 6.45) is 2.10. The number of aromatic nitrogens is 1. The van der Waals surface area contributed by atoms with E-state index in [1.165, 1.54) is 24.5 Å². The number of halogens is 2. The number of pyridine rings is 1. The summed E-state index contributed by atoms with van der Waals surface area (Å²) >= 11 is 13.6. The van der Waals surface area contributed by atoms with Gasteiger partial charge in [-0.15, -0.1) is 17.7 Å². The number of thiophene rings is 1. The number of anilines is 1. The van der Waals surface area contributed by atoms with Crippen LogP contribution >= 0.6 is 34.5 Å². The number of aliphatic imine (C=N–C) groups is 1. The summed E-state index contributed by atoms with van der Waals surface area (Å²) in [6, 6.07) is 10.5. The van der Waals surface area contributed by atoms with E-state index in [0.717, 1.165) is 0 Å². The van der Waals surface area contributed by atoms with Gasteiger partial charge in [-0.05, 0) is 29.8 Å². The van der Waals surface area contributed by atoms with E-state index >= 15 is 0 Å². The van der Waals surface area contributed by atoms with E-state index in [0.29, 0.717) is 54.2 Å². The van der Waals surface area contributed by atoms with Crippen molar-refractivity contribution in [1.82, 2.24) is 4.98 Å². The van der Waals surface area contributed by atoms with Crippen molar-refractivity contribution in [1.29, 1.82) is 5.26 Å². The van der Waals surface area contributed by atoms with Gasteiger partial charge in [0.05, 0.1) is 15.3 Å². The van der Waals surface area contributed by atoms with E-state index < -0.39 is 0 Å². The maximum absolute atomic E-state index is 11.4. The normalized spacial score (nSPS) is 11.1. The van der Waals surface area contributed by atoms with Crippen LogP contribution in [-0.4, -0.2) is 23.1 Å². The molecule has 7 nitrogen and oxygen atoms in total. The van der Waals surface area contributed by atoms with Gasteiger partial charge in [0.25, 0.3) is 0 Å². The molecule has 0 saturated heterocycles. The lowest BCUT2D eigenvalue weighted by Gasteiger charge is -2.09. The molecule has 0 fully saturated rings. The zero-order chi connectivity index (χ0) is 21.8. The molecule has 1 aromatic carbocycles. The van der Waals surface area contributed by atoms with Crippen molar-refractivity contribution in [3.05, 3.63) is 62.4 Å². The molecule has 3 aromatic rings. The number of nitriles is 1. The van der Waals surface area contributed by atoms with Crippen LogP contribution in [0.25, 0.3) is 27.0 Å². The molecule has 3 N–H and O–H groups in total. The Morgan fingerprint density at radius 3 is 2.77 bits per heavy atom. The van der Waals surface area contributed by atoms with Gasteiger partial charge in [0.15, 0.2) is 0 Å². The Morgan fingerprint density at radius 2 is 2.13 bits per heavy atom. The molecule has 0 unspecified atom stereocenters. The first-order valence-electron chi connectivity index (χ1n) is 8.41. The highest BCUT2D eigenvalue weighted by atomic mass is 35.5. The lowest BCUT2D eigenvalue weighted by molar-refractivity contribution is -0.114. The summed E-state index contributed by atoms with van der Waals surface area (Å²) in [6.45, 7) is 1.38. The van der Waals surface area contributed by atoms with Gasteiger partial charge in [-0.25, -0.2) is 4.98 Å². The Balaban J connectivity index is 2.31. The summed E-state index contributed by atoms with van der Waals surface area (Å²) in [5, 5.41) is 22.4. The predicted molar refractivity (Wildman–Crippen MR) is 122 cm³/mol. The van der Waals surface area contributed by atoms with E-state index in [1.807, 2.05) is 0 Å². The van der Waals surface area contributed by atoms with Crippen LogP contribution < -0.4 is 11.1 Å². The van der Waals surface area contributed by atoms with Crippen molar-refractivity contribution in [3.8, 4) is 27.6 Å². The number of benzene rings is 1. The molecule has 10 heteroatoms. The van der Waals surface area contributed by atoms with E-state index in [9.17, 15) is 10.1 Å². The molecule has 0 bridgehead atoms. The van der Waals surface area contributed by atoms with Gasteiger partial charge in [0.2, 0.25) is 5.91 Å². The van der Waals surface area contributed by atoms with Crippen molar-refractivity contribution >= 4 is 58.4 Å². The average Bonchev–Trinajstić information content (AvgIpc) is 3.07. The molecule has 1 amide bonds. The van der Waals surface area contributed by atoms with Gasteiger partial charge in [-0.1, -0.05) is 29.3 Å². The highest BCUT2D eigenvalue weighted by Crippen LogP contribution is 2.44. The van der Waals surface area contributed by atoms with Crippen LogP contribution in [-0.2, 0) is 4.79 Å². The molecule has 0 spiro atoms. The zero-order valence-corrected chi connectivity index (χ0v) is 17.8. The Hall–Kier alpha value is -3.25. The Bertz CT molecular complexity index is 1230. The number of nitrogens with two attached hydrogens (primary N) is 1. The largest absolute Gasteiger partial charge is 0.472 e. The van der Waals surface area contributed by atoms with Gasteiger partial charge in [-0.2, -0.15) is 5.26 Å². The second kappa shape index (κ2) is 9.05. The third kappa shape index (κ3) is 4.33. The molecule has 0 saturated carbocycles. The fraction of sp³-hybridized carbons (Fsp3) is 0.0500. The first-order chi connectivity index (χ1) is 14.3. The fourth-order valence-corrected chi connectivity index (χ4v) is 4.49. The minimum Gasteiger partial charge on any atom is -0.472 e. The van der Waals surface area contributed by atoms with Gasteiger partial charge >= 0.3 is 0 Å². The fourth-order valence-electron chi connectivity index (χ4n) is 2.81. The lowest BCUT2D eigenvalue weighted by Crippen LogP contribution is -2.12. The van der Waals surface area contributed by atoms with Crippen molar-refractivity contribution in [3.63, 3.8) is 0 Å². The summed E-state index contributed by atoms with van der Waals surface area (Å²) in [5.41, 5.74) is 8.03. The van der Waals surface area contributed by atoms with Crippen LogP contribution in [0.15, 0.2) is 41.5 Å². The Labute approximate surface area is 186 Å². The summed E-state index contributed by atoms with van der Waals surface area (Å²) in [4.78, 5) is 20.3. The maximum atomic E-state index is 11.4. The summed E-state index contributed by atoms with van der Waals surface area (Å²) in [5.74, 6) is 0.0909. The highest BCUT2D eigenvalue weighted by Gasteiger charge is 2.23. The summed E-state index contributed by atoms with van der Waals surface area (Å²) < 4.78 is 0. The highest BCUT2D eigenvalue weighted by molar-refractivity contribution is 7.18. The second-order valence-corrected chi connectivity index (χ2v) is 7.85. The quantitative estimate of drug-likeness (QED) is 0.417. The molecule has 2 aromatic heterocycles. The van der Waals surface area contributed by atoms with Crippen molar-refractivity contribution < 1.29 is 4.79 Å². The number of carbonyl (C=O) groups excluding carboxylic acids is 1. The summed E-state index contributed by atoms with van der Waals surface area (Å²) in [7, 11) is 0. The standard InChI is InChI=1S/C20H13Cl2N6OS/c1-10(29)28-16-6-11(4-5-26-16)18-14(8-23)17(19(30-18)20(25)27-9-24)13-3-2-12(21)7-15(13)22/h2-7,9H,1H3,(H3-,24,25,26,27,28,29)/q-1. The monoisotopic (exact) mass is 455 g/mol. The molecule has 0 radical (unpaired) electrons. The maximum Gasteiger partial charge on any atom is 0.222 e. The molecule has 150 valence electrons. The second-order valence-electron chi connectivity index (χ2n) is 5.99. The number of hydrogen-bond donors (Lipinski definition) is 2. The van der Waals surface area contributed by atoms with E-state index in [4.69, 9.17) is 34.3 Å². The number of nitrogens with zero attached hydrogens (tertiary/aromatic N) is 4. The minimum absolute atomic E-state index is 0.0161. The lowest BCUT2D eigenvalue weighted by atomic mass is 9.98. The predicted octanol–water partition coefficient (Wildman–Crippen LogP) is 4.92. The van der Waals surface area contributed by atoms with Gasteiger partial charge in [0, 0.05) is 40.1 Å². The molecular formula is C20H13Cl2N6OS-. The van der Waals surface area contributed by atoms with E-state index in [2.05, 4.69) is 21.4 Å². The Kier molecular flexibility index (Phi) is 6.47. The molecule has 0 atom stereocenters. The smallest absolute Gasteiger partial charge is 0.222 e. The molecule has 2 heterocycles. The van der Waals surface area contributed by atoms with Crippen LogP contribution in [0.5, 0.6) is 0 Å². The number of amides is 1. The average molecular weight is 456 g/mol. The first kappa shape index (κ1) is 21.5. The zero-order valence-electron chi connectivity index (χ0n) is 15.5. The SMILES string of the molecule is CC(=O)Nc1cc(-c2sc(C(N)=NC=[N-])c(-c3ccc(Cl)cc3Cl)c2C#N)ccn1. The Morgan fingerprint density at radius 1 is 1.37 bits per heavy atom. The van der Waals surface area contributed by atoms with Crippen molar-refractivity contribution in [2.45, 2.75) is 6.92 Å². The number of rotatable bonds is 5. The molecule has 3 rings (SSSR count). The number of nitrogens with one attached hydrogen (secondary N) is 1. The molecule has 0 aliphatic carbocycles.